The summed E-state index contributed by atoms with van der Waals surface area (Å²) in [4.78, 5) is 11.6. The molecule has 1 aliphatic carbocycles. The number of benzene rings is 1. The number of hydrogen-bond donors (Lipinski definition) is 1. The highest BCUT2D eigenvalue weighted by molar-refractivity contribution is 9.10. The first-order valence-corrected chi connectivity index (χ1v) is 6.87. The average Bonchev–Trinajstić information content (AvgIpc) is 3.02. The standard InChI is InChI=1S/C13H12BrFO4/c14-9-10(15)7(5-8-11(9)19-6-18-8)13(12(16)17)3-1-2-4-13/h5H,1-4,6H2,(H,16,17). The van der Waals surface area contributed by atoms with E-state index >= 15 is 0 Å². The maximum absolute atomic E-state index is 14.5. The maximum Gasteiger partial charge on any atom is 0.314 e. The van der Waals surface area contributed by atoms with Crippen LogP contribution in [0.2, 0.25) is 0 Å². The first kappa shape index (κ1) is 12.7. The molecule has 1 fully saturated rings. The number of carboxylic acid groups (broad SMARTS) is 1. The summed E-state index contributed by atoms with van der Waals surface area (Å²) in [7, 11) is 0. The Balaban J connectivity index is 2.20. The van der Waals surface area contributed by atoms with Crippen LogP contribution in [0.15, 0.2) is 10.5 Å². The van der Waals surface area contributed by atoms with E-state index in [1.807, 2.05) is 0 Å². The highest BCUT2D eigenvalue weighted by Crippen LogP contribution is 2.49. The minimum Gasteiger partial charge on any atom is -0.481 e. The van der Waals surface area contributed by atoms with Gasteiger partial charge < -0.3 is 14.6 Å². The number of carbonyl (C=O) groups is 1. The lowest BCUT2D eigenvalue weighted by Gasteiger charge is -2.25. The molecule has 6 heteroatoms. The largest absolute Gasteiger partial charge is 0.481 e. The topological polar surface area (TPSA) is 55.8 Å². The van der Waals surface area contributed by atoms with Crippen LogP contribution in [0.4, 0.5) is 4.39 Å². The zero-order chi connectivity index (χ0) is 13.6. The molecule has 0 unspecified atom stereocenters. The Morgan fingerprint density at radius 1 is 1.37 bits per heavy atom. The van der Waals surface area contributed by atoms with E-state index in [1.165, 1.54) is 6.07 Å². The fourth-order valence-corrected chi connectivity index (χ4v) is 3.43. The number of carboxylic acids is 1. The van der Waals surface area contributed by atoms with Gasteiger partial charge in [0.1, 0.15) is 5.82 Å². The van der Waals surface area contributed by atoms with E-state index < -0.39 is 17.2 Å². The molecule has 0 atom stereocenters. The molecule has 0 aromatic heterocycles. The molecule has 1 heterocycles. The SMILES string of the molecule is O=C(O)C1(c2cc3c(c(Br)c2F)OCO3)CCCC1. The summed E-state index contributed by atoms with van der Waals surface area (Å²) in [5.41, 5.74) is -0.957. The molecule has 1 aromatic rings. The van der Waals surface area contributed by atoms with E-state index in [4.69, 9.17) is 9.47 Å². The molecular weight excluding hydrogens is 319 g/mol. The average molecular weight is 331 g/mol. The number of fused-ring (bicyclic) bond motifs is 1. The Labute approximate surface area is 117 Å². The molecule has 4 nitrogen and oxygen atoms in total. The second-order valence-corrected chi connectivity index (χ2v) is 5.67. The Bertz CT molecular complexity index is 552. The molecule has 0 spiro atoms. The van der Waals surface area contributed by atoms with Crippen LogP contribution in [0, 0.1) is 5.82 Å². The smallest absolute Gasteiger partial charge is 0.314 e. The van der Waals surface area contributed by atoms with Gasteiger partial charge in [-0.2, -0.15) is 0 Å². The quantitative estimate of drug-likeness (QED) is 0.904. The third-order valence-electron chi connectivity index (χ3n) is 3.93. The van der Waals surface area contributed by atoms with Crippen LogP contribution < -0.4 is 9.47 Å². The number of hydrogen-bond acceptors (Lipinski definition) is 3. The van der Waals surface area contributed by atoms with Crippen molar-refractivity contribution < 1.29 is 23.8 Å². The third kappa shape index (κ3) is 1.73. The van der Waals surface area contributed by atoms with Gasteiger partial charge in [-0.25, -0.2) is 4.39 Å². The van der Waals surface area contributed by atoms with E-state index in [1.54, 1.807) is 0 Å². The van der Waals surface area contributed by atoms with Crippen LogP contribution in [0.25, 0.3) is 0 Å². The van der Waals surface area contributed by atoms with Crippen LogP contribution in [-0.4, -0.2) is 17.9 Å². The molecule has 2 aliphatic rings. The van der Waals surface area contributed by atoms with Gasteiger partial charge in [0.15, 0.2) is 11.5 Å². The van der Waals surface area contributed by atoms with E-state index in [2.05, 4.69) is 15.9 Å². The summed E-state index contributed by atoms with van der Waals surface area (Å²) in [6.07, 6.45) is 2.48. The predicted octanol–water partition coefficient (Wildman–Crippen LogP) is 3.21. The van der Waals surface area contributed by atoms with Crippen molar-refractivity contribution in [2.45, 2.75) is 31.1 Å². The molecule has 1 saturated carbocycles. The lowest BCUT2D eigenvalue weighted by Crippen LogP contribution is -2.33. The van der Waals surface area contributed by atoms with Gasteiger partial charge in [0.2, 0.25) is 6.79 Å². The van der Waals surface area contributed by atoms with Crippen LogP contribution >= 0.6 is 15.9 Å². The van der Waals surface area contributed by atoms with Crippen molar-refractivity contribution in [1.82, 2.24) is 0 Å². The second-order valence-electron chi connectivity index (χ2n) is 4.88. The van der Waals surface area contributed by atoms with Crippen LogP contribution in [-0.2, 0) is 10.2 Å². The Hall–Kier alpha value is -1.30. The second kappa shape index (κ2) is 4.37. The van der Waals surface area contributed by atoms with Crippen molar-refractivity contribution in [1.29, 1.82) is 0 Å². The Morgan fingerprint density at radius 3 is 2.68 bits per heavy atom. The van der Waals surface area contributed by atoms with Gasteiger partial charge in [-0.15, -0.1) is 0 Å². The number of ether oxygens (including phenoxy) is 2. The van der Waals surface area contributed by atoms with Gasteiger partial charge in [0.05, 0.1) is 9.89 Å². The molecule has 1 aromatic carbocycles. The summed E-state index contributed by atoms with van der Waals surface area (Å²) in [5, 5.41) is 9.53. The number of halogens is 2. The van der Waals surface area contributed by atoms with Crippen molar-refractivity contribution in [3.05, 3.63) is 21.9 Å². The number of rotatable bonds is 2. The van der Waals surface area contributed by atoms with Gasteiger partial charge in [0, 0.05) is 5.56 Å². The summed E-state index contributed by atoms with van der Waals surface area (Å²) in [5.74, 6) is -0.834. The van der Waals surface area contributed by atoms with Crippen LogP contribution in [0.5, 0.6) is 11.5 Å². The monoisotopic (exact) mass is 330 g/mol. The first-order chi connectivity index (χ1) is 9.06. The molecule has 3 rings (SSSR count). The first-order valence-electron chi connectivity index (χ1n) is 6.08. The normalized spacial score (nSPS) is 19.7. The molecule has 19 heavy (non-hydrogen) atoms. The van der Waals surface area contributed by atoms with Crippen LogP contribution in [0.3, 0.4) is 0 Å². The molecule has 102 valence electrons. The molecule has 0 bridgehead atoms. The van der Waals surface area contributed by atoms with E-state index in [0.29, 0.717) is 24.3 Å². The molecule has 0 saturated heterocycles. The van der Waals surface area contributed by atoms with Crippen LogP contribution in [0.1, 0.15) is 31.2 Å². The fourth-order valence-electron chi connectivity index (χ4n) is 2.90. The van der Waals surface area contributed by atoms with Gasteiger partial charge in [-0.1, -0.05) is 12.8 Å². The highest BCUT2D eigenvalue weighted by Gasteiger charge is 2.46. The minimum atomic E-state index is -1.15. The van der Waals surface area contributed by atoms with Crippen molar-refractivity contribution in [3.63, 3.8) is 0 Å². The van der Waals surface area contributed by atoms with E-state index in [-0.39, 0.29) is 16.8 Å². The van der Waals surface area contributed by atoms with Gasteiger partial charge >= 0.3 is 5.97 Å². The molecular formula is C13H12BrFO4. The third-order valence-corrected chi connectivity index (χ3v) is 4.64. The zero-order valence-corrected chi connectivity index (χ0v) is 11.6. The summed E-state index contributed by atoms with van der Waals surface area (Å²) < 4.78 is 25.0. The van der Waals surface area contributed by atoms with Crippen molar-refractivity contribution in [3.8, 4) is 11.5 Å². The zero-order valence-electron chi connectivity index (χ0n) is 10.0. The van der Waals surface area contributed by atoms with E-state index in [9.17, 15) is 14.3 Å². The van der Waals surface area contributed by atoms with Crippen molar-refractivity contribution in [2.24, 2.45) is 0 Å². The molecule has 1 aliphatic heterocycles. The van der Waals surface area contributed by atoms with E-state index in [0.717, 1.165) is 12.8 Å². The lowest BCUT2D eigenvalue weighted by atomic mass is 9.78. The summed E-state index contributed by atoms with van der Waals surface area (Å²) in [6, 6.07) is 1.47. The van der Waals surface area contributed by atoms with Crippen molar-refractivity contribution in [2.75, 3.05) is 6.79 Å². The minimum absolute atomic E-state index is 0.0247. The lowest BCUT2D eigenvalue weighted by molar-refractivity contribution is -0.143. The summed E-state index contributed by atoms with van der Waals surface area (Å²) >= 11 is 3.13. The summed E-state index contributed by atoms with van der Waals surface area (Å²) in [6.45, 7) is 0.0247. The van der Waals surface area contributed by atoms with Gasteiger partial charge in [0.25, 0.3) is 0 Å². The van der Waals surface area contributed by atoms with Gasteiger partial charge in [-0.3, -0.25) is 4.79 Å². The Morgan fingerprint density at radius 2 is 2.05 bits per heavy atom. The predicted molar refractivity (Wildman–Crippen MR) is 68.0 cm³/mol. The molecule has 0 amide bonds. The molecule has 0 radical (unpaired) electrons. The molecule has 1 N–H and O–H groups in total. The fraction of sp³-hybridized carbons (Fsp3) is 0.462. The van der Waals surface area contributed by atoms with Gasteiger partial charge in [-0.05, 0) is 34.8 Å². The maximum atomic E-state index is 14.5. The highest BCUT2D eigenvalue weighted by atomic mass is 79.9. The van der Waals surface area contributed by atoms with Crippen molar-refractivity contribution >= 4 is 21.9 Å². The number of aliphatic carboxylic acids is 1. The Kier molecular flexibility index (Phi) is 2.92.